The van der Waals surface area contributed by atoms with Crippen molar-refractivity contribution in [2.75, 3.05) is 40.0 Å². The number of aromatic hydroxyl groups is 1. The van der Waals surface area contributed by atoms with E-state index in [2.05, 4.69) is 15.3 Å². The van der Waals surface area contributed by atoms with Crippen molar-refractivity contribution >= 4 is 58.2 Å². The lowest BCUT2D eigenvalue weighted by Gasteiger charge is -2.26. The first-order chi connectivity index (χ1) is 36.2. The molecule has 0 fully saturated rings. The van der Waals surface area contributed by atoms with Crippen LogP contribution < -0.4 is 30.6 Å². The first kappa shape index (κ1) is 52.1. The van der Waals surface area contributed by atoms with Crippen LogP contribution >= 0.6 is 0 Å². The Kier molecular flexibility index (Phi) is 15.7. The minimum absolute atomic E-state index is 0.00302. The Morgan fingerprint density at radius 3 is 1.80 bits per heavy atom. The van der Waals surface area contributed by atoms with E-state index in [4.69, 9.17) is 23.7 Å². The van der Waals surface area contributed by atoms with Gasteiger partial charge in [-0.3, -0.25) is 38.3 Å². The molecule has 2 aliphatic rings. The van der Waals surface area contributed by atoms with Crippen LogP contribution in [-0.2, 0) is 38.5 Å². The Bertz CT molecular complexity index is 3560. The van der Waals surface area contributed by atoms with Crippen molar-refractivity contribution in [2.24, 2.45) is 0 Å². The smallest absolute Gasteiger partial charge is 0.373 e. The highest BCUT2D eigenvalue weighted by atomic mass is 19.1. The van der Waals surface area contributed by atoms with Gasteiger partial charge in [-0.05, 0) is 61.7 Å². The fraction of sp³-hybridized carbons (Fsp3) is 0.222. The van der Waals surface area contributed by atoms with E-state index in [1.165, 1.54) is 54.9 Å². The maximum Gasteiger partial charge on any atom is 0.373 e. The van der Waals surface area contributed by atoms with Crippen molar-refractivity contribution < 1.29 is 61.9 Å². The second-order valence-corrected chi connectivity index (χ2v) is 16.7. The molecule has 4 aromatic heterocycles. The summed E-state index contributed by atoms with van der Waals surface area (Å²) in [5.74, 6) is -5.53. The van der Waals surface area contributed by atoms with E-state index in [9.17, 15) is 47.8 Å². The van der Waals surface area contributed by atoms with Crippen molar-refractivity contribution in [3.05, 3.63) is 174 Å². The Morgan fingerprint density at radius 1 is 0.720 bits per heavy atom. The molecule has 21 heteroatoms. The molecule has 0 spiro atoms. The molecular formula is C54H48F2N6O13. The summed E-state index contributed by atoms with van der Waals surface area (Å²) >= 11 is 0. The Labute approximate surface area is 425 Å². The van der Waals surface area contributed by atoms with Gasteiger partial charge < -0.3 is 44.1 Å². The molecule has 2 aliphatic heterocycles. The summed E-state index contributed by atoms with van der Waals surface area (Å²) in [6.07, 6.45) is 5.55. The second-order valence-electron chi connectivity index (χ2n) is 16.7. The van der Waals surface area contributed by atoms with Gasteiger partial charge in [-0.15, -0.1) is 0 Å². The first-order valence-electron chi connectivity index (χ1n) is 23.5. The highest BCUT2D eigenvalue weighted by Crippen LogP contribution is 2.40. The zero-order chi connectivity index (χ0) is 53.5. The van der Waals surface area contributed by atoms with Crippen LogP contribution in [0.5, 0.6) is 23.0 Å². The fourth-order valence-corrected chi connectivity index (χ4v) is 8.26. The monoisotopic (exact) mass is 1030 g/mol. The molecule has 75 heavy (non-hydrogen) atoms. The molecule has 7 aromatic rings. The summed E-state index contributed by atoms with van der Waals surface area (Å²) in [6, 6.07) is 20.7. The number of hydrogen-bond acceptors (Lipinski definition) is 14. The lowest BCUT2D eigenvalue weighted by Crippen LogP contribution is -2.37. The van der Waals surface area contributed by atoms with E-state index in [0.29, 0.717) is 29.8 Å². The number of esters is 1. The molecule has 9 rings (SSSR count). The summed E-state index contributed by atoms with van der Waals surface area (Å²) in [7, 11) is 1.47. The zero-order valence-electron chi connectivity index (χ0n) is 40.8. The number of ether oxygens (including phenoxy) is 5. The second kappa shape index (κ2) is 22.7. The van der Waals surface area contributed by atoms with Gasteiger partial charge in [0.2, 0.25) is 11.5 Å². The number of methoxy groups -OCH3 is 1. The quantitative estimate of drug-likeness (QED) is 0.0658. The molecule has 3 N–H and O–H groups in total. The summed E-state index contributed by atoms with van der Waals surface area (Å²) in [5.41, 5.74) is 0.886. The van der Waals surface area contributed by atoms with Crippen LogP contribution in [0.1, 0.15) is 69.3 Å². The minimum atomic E-state index is -1.41. The first-order valence-corrected chi connectivity index (χ1v) is 23.5. The third-order valence-corrected chi connectivity index (χ3v) is 11.9. The lowest BCUT2D eigenvalue weighted by atomic mass is 10.0. The molecule has 0 atom stereocenters. The molecule has 0 saturated carbocycles. The van der Waals surface area contributed by atoms with Crippen molar-refractivity contribution in [2.45, 2.75) is 40.2 Å². The molecule has 0 aliphatic carbocycles. The van der Waals surface area contributed by atoms with Gasteiger partial charge >= 0.3 is 11.9 Å². The van der Waals surface area contributed by atoms with Crippen LogP contribution in [-0.4, -0.2) is 97.9 Å². The maximum atomic E-state index is 13.6. The zero-order valence-corrected chi connectivity index (χ0v) is 40.8. The van der Waals surface area contributed by atoms with E-state index in [1.54, 1.807) is 31.2 Å². The van der Waals surface area contributed by atoms with Crippen LogP contribution in [0.15, 0.2) is 112 Å². The molecule has 6 heterocycles. The summed E-state index contributed by atoms with van der Waals surface area (Å²) < 4.78 is 56.8. The molecule has 19 nitrogen and oxygen atoms in total. The highest BCUT2D eigenvalue weighted by Gasteiger charge is 2.34. The number of likely N-dealkylation sites (N-methyl/N-ethyl adjacent to an activating group) is 1. The number of hydrogen-bond donors (Lipinski definition) is 3. The predicted octanol–water partition coefficient (Wildman–Crippen LogP) is 6.42. The topological polar surface area (TPSA) is 240 Å². The Balaban J connectivity index is 0.000000199. The maximum absolute atomic E-state index is 13.6. The molecule has 0 saturated heterocycles. The normalized spacial score (nSPS) is 12.1. The van der Waals surface area contributed by atoms with Crippen LogP contribution in [0, 0.1) is 11.6 Å². The number of benzene rings is 3. The van der Waals surface area contributed by atoms with Gasteiger partial charge in [0.1, 0.15) is 45.9 Å². The SMILES string of the molecule is CCN(CC)C(=O)C1=Cn2c(=O)c(C(=O)NCCOC)c(O)c3ncc(Cc4ccc(F)cc4)c(c32)O1.CCOC(=O)c1c(OCc2ccccc2)c2ncc(Cc3ccc(F)cc3)c3c2n(c1=O)C=C(C(=O)O)O3. The number of nitrogens with zero attached hydrogens (tertiary/aromatic N) is 5. The number of rotatable bonds is 17. The highest BCUT2D eigenvalue weighted by molar-refractivity contribution is 6.05. The molecule has 3 aromatic carbocycles. The molecule has 0 unspecified atom stereocenters. The van der Waals surface area contributed by atoms with Gasteiger partial charge in [0.15, 0.2) is 28.6 Å². The Hall–Kier alpha value is -9.24. The van der Waals surface area contributed by atoms with Gasteiger partial charge in [-0.1, -0.05) is 54.6 Å². The van der Waals surface area contributed by atoms with E-state index in [-0.39, 0.29) is 90.1 Å². The van der Waals surface area contributed by atoms with Crippen LogP contribution in [0.2, 0.25) is 0 Å². The number of carbonyl (C=O) groups excluding carboxylic acids is 3. The van der Waals surface area contributed by atoms with Gasteiger partial charge in [0, 0.05) is 63.1 Å². The third kappa shape index (κ3) is 10.8. The van der Waals surface area contributed by atoms with Gasteiger partial charge in [0.05, 0.1) is 25.6 Å². The van der Waals surface area contributed by atoms with Crippen LogP contribution in [0.4, 0.5) is 8.78 Å². The summed E-state index contributed by atoms with van der Waals surface area (Å²) in [4.78, 5) is 88.3. The number of nitrogens with one attached hydrogen (secondary N) is 1. The third-order valence-electron chi connectivity index (χ3n) is 11.9. The van der Waals surface area contributed by atoms with Gasteiger partial charge in [-0.25, -0.2) is 18.4 Å². The number of aromatic nitrogens is 4. The van der Waals surface area contributed by atoms with E-state index >= 15 is 0 Å². The number of aliphatic carboxylic acids is 1. The number of carbonyl (C=O) groups is 4. The average molecular weight is 1030 g/mol. The predicted molar refractivity (Wildman–Crippen MR) is 268 cm³/mol. The van der Waals surface area contributed by atoms with Crippen LogP contribution in [0.25, 0.3) is 34.5 Å². The van der Waals surface area contributed by atoms with Crippen molar-refractivity contribution in [1.29, 1.82) is 0 Å². The molecular weight excluding hydrogens is 979 g/mol. The number of halogens is 2. The fourth-order valence-electron chi connectivity index (χ4n) is 8.26. The van der Waals surface area contributed by atoms with Crippen molar-refractivity contribution in [1.82, 2.24) is 29.3 Å². The standard InChI is InChI=1S/C28H21FN2O7.C26H27FN4O6/c1-2-36-28(35)21-25(37-15-17-6-4-3-5-7-17)22-23-24(38-20(27(33)34)14-31(23)26(21)32)18(13-30-22)12-16-8-10-19(29)11-9-16;1-4-30(5-2)25(34)18-14-31-21-20(22(32)19(26(31)35)24(33)28-10-11-36-3)29-13-16(23(21)37-18)12-15-6-8-17(27)9-7-15/h3-11,13-14H,2,12,15H2,1H3,(H,33,34);6-9,13-14,32H,4-5,10-12H2,1-3H3,(H,28,33). The van der Waals surface area contributed by atoms with E-state index in [1.807, 2.05) is 44.2 Å². The number of amides is 2. The largest absolute Gasteiger partial charge is 0.505 e. The Morgan fingerprint density at radius 2 is 1.25 bits per heavy atom. The van der Waals surface area contributed by atoms with Gasteiger partial charge in [-0.2, -0.15) is 0 Å². The summed E-state index contributed by atoms with van der Waals surface area (Å²) in [5, 5.41) is 23.1. The van der Waals surface area contributed by atoms with Crippen molar-refractivity contribution in [3.8, 4) is 23.0 Å². The minimum Gasteiger partial charge on any atom is -0.505 e. The molecule has 0 bridgehead atoms. The average Bonchev–Trinajstić information content (AvgIpc) is 3.41. The summed E-state index contributed by atoms with van der Waals surface area (Å²) in [6.45, 7) is 6.40. The van der Waals surface area contributed by atoms with Crippen LogP contribution in [0.3, 0.4) is 0 Å². The van der Waals surface area contributed by atoms with Crippen molar-refractivity contribution in [3.63, 3.8) is 0 Å². The lowest BCUT2D eigenvalue weighted by molar-refractivity contribution is -0.135. The molecule has 2 amide bonds. The molecule has 386 valence electrons. The van der Waals surface area contributed by atoms with Gasteiger partial charge in [0.25, 0.3) is 22.9 Å². The number of carboxylic acids is 1. The van der Waals surface area contributed by atoms with E-state index < -0.39 is 63.3 Å². The van der Waals surface area contributed by atoms with E-state index in [0.717, 1.165) is 26.5 Å². The number of carboxylic acid groups (broad SMARTS) is 1. The molecule has 0 radical (unpaired) electrons. The number of pyridine rings is 4.